The number of rotatable bonds is 5. The molecule has 3 rings (SSSR count). The molecule has 1 heterocycles. The number of nitrogens with zero attached hydrogens (tertiary/aromatic N) is 1. The SMILES string of the molecule is COc1ccc(/C=C2\NC(=S)N(CNc3ccc(Br)cc3)C2=O)cc1. The van der Waals surface area contributed by atoms with Crippen LogP contribution >= 0.6 is 28.1 Å². The Morgan fingerprint density at radius 1 is 1.20 bits per heavy atom. The van der Waals surface area contributed by atoms with Gasteiger partial charge in [-0.3, -0.25) is 9.69 Å². The lowest BCUT2D eigenvalue weighted by Crippen LogP contribution is -2.35. The van der Waals surface area contributed by atoms with E-state index < -0.39 is 0 Å². The van der Waals surface area contributed by atoms with E-state index in [2.05, 4.69) is 26.6 Å². The van der Waals surface area contributed by atoms with Gasteiger partial charge in [-0.2, -0.15) is 0 Å². The molecule has 1 fully saturated rings. The highest BCUT2D eigenvalue weighted by atomic mass is 79.9. The van der Waals surface area contributed by atoms with Gasteiger partial charge >= 0.3 is 0 Å². The number of thiocarbonyl (C=S) groups is 1. The highest BCUT2D eigenvalue weighted by Gasteiger charge is 2.30. The summed E-state index contributed by atoms with van der Waals surface area (Å²) in [5, 5.41) is 6.54. The molecule has 0 radical (unpaired) electrons. The van der Waals surface area contributed by atoms with Gasteiger partial charge in [-0.05, 0) is 60.3 Å². The van der Waals surface area contributed by atoms with Gasteiger partial charge in [0.15, 0.2) is 5.11 Å². The fourth-order valence-corrected chi connectivity index (χ4v) is 2.84. The molecule has 7 heteroatoms. The van der Waals surface area contributed by atoms with Crippen molar-refractivity contribution >= 4 is 50.9 Å². The number of anilines is 1. The van der Waals surface area contributed by atoms with Crippen LogP contribution in [0.5, 0.6) is 5.75 Å². The lowest BCUT2D eigenvalue weighted by molar-refractivity contribution is -0.122. The van der Waals surface area contributed by atoms with Gasteiger partial charge in [-0.15, -0.1) is 0 Å². The second-order valence-electron chi connectivity index (χ2n) is 5.34. The number of hydrogen-bond donors (Lipinski definition) is 2. The van der Waals surface area contributed by atoms with Gasteiger partial charge in [0.1, 0.15) is 11.4 Å². The van der Waals surface area contributed by atoms with Crippen molar-refractivity contribution in [3.63, 3.8) is 0 Å². The van der Waals surface area contributed by atoms with Gasteiger partial charge in [0.2, 0.25) is 0 Å². The summed E-state index contributed by atoms with van der Waals surface area (Å²) in [5.41, 5.74) is 2.25. The van der Waals surface area contributed by atoms with Crippen molar-refractivity contribution in [2.75, 3.05) is 19.1 Å². The first-order chi connectivity index (χ1) is 12.1. The zero-order valence-electron chi connectivity index (χ0n) is 13.5. The van der Waals surface area contributed by atoms with E-state index in [1.807, 2.05) is 48.5 Å². The maximum Gasteiger partial charge on any atom is 0.278 e. The molecule has 1 saturated heterocycles. The fourth-order valence-electron chi connectivity index (χ4n) is 2.32. The molecule has 0 aromatic heterocycles. The van der Waals surface area contributed by atoms with E-state index in [-0.39, 0.29) is 5.91 Å². The molecule has 1 aliphatic heterocycles. The Hall–Kier alpha value is -2.38. The lowest BCUT2D eigenvalue weighted by Gasteiger charge is -2.15. The van der Waals surface area contributed by atoms with Crippen LogP contribution in [-0.2, 0) is 4.79 Å². The third-order valence-corrected chi connectivity index (χ3v) is 4.53. The molecular weight excluding hydrogens is 402 g/mol. The lowest BCUT2D eigenvalue weighted by atomic mass is 10.2. The molecule has 1 amide bonds. The Morgan fingerprint density at radius 2 is 1.88 bits per heavy atom. The van der Waals surface area contributed by atoms with Crippen LogP contribution in [0.2, 0.25) is 0 Å². The molecule has 5 nitrogen and oxygen atoms in total. The van der Waals surface area contributed by atoms with Gasteiger partial charge in [-0.25, -0.2) is 0 Å². The standard InChI is InChI=1S/C18H16BrN3O2S/c1-24-15-8-2-12(3-9-15)10-16-17(23)22(18(25)21-16)11-20-14-6-4-13(19)5-7-14/h2-10,20H,11H2,1H3,(H,21,25)/b16-10-. The van der Waals surface area contributed by atoms with Gasteiger partial charge in [0.25, 0.3) is 5.91 Å². The number of hydrogen-bond acceptors (Lipinski definition) is 4. The summed E-state index contributed by atoms with van der Waals surface area (Å²) in [6.07, 6.45) is 1.77. The summed E-state index contributed by atoms with van der Waals surface area (Å²) in [5.74, 6) is 0.606. The summed E-state index contributed by atoms with van der Waals surface area (Å²) in [6.45, 7) is 0.298. The minimum Gasteiger partial charge on any atom is -0.497 e. The molecule has 1 aliphatic rings. The summed E-state index contributed by atoms with van der Waals surface area (Å²) in [7, 11) is 1.62. The number of carbonyl (C=O) groups excluding carboxylic acids is 1. The first-order valence-electron chi connectivity index (χ1n) is 7.55. The van der Waals surface area contributed by atoms with E-state index >= 15 is 0 Å². The Morgan fingerprint density at radius 3 is 2.52 bits per heavy atom. The Balaban J connectivity index is 1.68. The fraction of sp³-hybridized carbons (Fsp3) is 0.111. The van der Waals surface area contributed by atoms with Crippen molar-refractivity contribution in [1.29, 1.82) is 0 Å². The van der Waals surface area contributed by atoms with Crippen molar-refractivity contribution in [3.05, 3.63) is 64.3 Å². The van der Waals surface area contributed by atoms with Gasteiger partial charge in [0.05, 0.1) is 13.8 Å². The molecule has 0 saturated carbocycles. The van der Waals surface area contributed by atoms with E-state index in [1.54, 1.807) is 13.2 Å². The topological polar surface area (TPSA) is 53.6 Å². The maximum absolute atomic E-state index is 12.6. The highest BCUT2D eigenvalue weighted by Crippen LogP contribution is 2.18. The average molecular weight is 418 g/mol. The Labute approximate surface area is 159 Å². The molecule has 0 spiro atoms. The van der Waals surface area contributed by atoms with Crippen molar-refractivity contribution in [2.24, 2.45) is 0 Å². The van der Waals surface area contributed by atoms with Crippen molar-refractivity contribution in [2.45, 2.75) is 0 Å². The quantitative estimate of drug-likeness (QED) is 0.574. The Kier molecular flexibility index (Phi) is 5.35. The number of amides is 1. The van der Waals surface area contributed by atoms with E-state index in [1.165, 1.54) is 4.90 Å². The van der Waals surface area contributed by atoms with Gasteiger partial charge < -0.3 is 15.4 Å². The van der Waals surface area contributed by atoms with Crippen LogP contribution in [0.1, 0.15) is 5.56 Å². The van der Waals surface area contributed by atoms with Crippen LogP contribution in [0.3, 0.4) is 0 Å². The molecule has 2 aromatic carbocycles. The van der Waals surface area contributed by atoms with Crippen LogP contribution < -0.4 is 15.4 Å². The van der Waals surface area contributed by atoms with E-state index in [0.717, 1.165) is 21.5 Å². The molecule has 0 bridgehead atoms. The number of carbonyl (C=O) groups is 1. The second-order valence-corrected chi connectivity index (χ2v) is 6.64. The first kappa shape index (κ1) is 17.4. The monoisotopic (exact) mass is 417 g/mol. The van der Waals surface area contributed by atoms with Crippen LogP contribution in [-0.4, -0.2) is 29.7 Å². The van der Waals surface area contributed by atoms with Crippen LogP contribution in [0, 0.1) is 0 Å². The number of halogens is 1. The Bertz CT molecular complexity index is 819. The maximum atomic E-state index is 12.6. The van der Waals surface area contributed by atoms with Crippen molar-refractivity contribution in [3.8, 4) is 5.75 Å². The van der Waals surface area contributed by atoms with Crippen LogP contribution in [0.25, 0.3) is 6.08 Å². The van der Waals surface area contributed by atoms with Gasteiger partial charge in [-0.1, -0.05) is 28.1 Å². The molecule has 2 aromatic rings. The highest BCUT2D eigenvalue weighted by molar-refractivity contribution is 9.10. The summed E-state index contributed by atoms with van der Waals surface area (Å²) < 4.78 is 6.13. The number of ether oxygens (including phenoxy) is 1. The normalized spacial score (nSPS) is 15.4. The molecule has 0 aliphatic carbocycles. The second kappa shape index (κ2) is 7.67. The summed E-state index contributed by atoms with van der Waals surface area (Å²) >= 11 is 8.66. The smallest absolute Gasteiger partial charge is 0.278 e. The number of methoxy groups -OCH3 is 1. The minimum atomic E-state index is -0.162. The molecule has 0 atom stereocenters. The molecule has 0 unspecified atom stereocenters. The van der Waals surface area contributed by atoms with Crippen LogP contribution in [0.4, 0.5) is 5.69 Å². The molecule has 128 valence electrons. The predicted molar refractivity (Wildman–Crippen MR) is 106 cm³/mol. The zero-order chi connectivity index (χ0) is 17.8. The molecule has 2 N–H and O–H groups in total. The number of nitrogens with one attached hydrogen (secondary N) is 2. The van der Waals surface area contributed by atoms with E-state index in [0.29, 0.717) is 17.5 Å². The van der Waals surface area contributed by atoms with Crippen molar-refractivity contribution < 1.29 is 9.53 Å². The van der Waals surface area contributed by atoms with E-state index in [4.69, 9.17) is 17.0 Å². The first-order valence-corrected chi connectivity index (χ1v) is 8.75. The zero-order valence-corrected chi connectivity index (χ0v) is 15.9. The largest absolute Gasteiger partial charge is 0.497 e. The van der Waals surface area contributed by atoms with E-state index in [9.17, 15) is 4.79 Å². The average Bonchev–Trinajstić information content (AvgIpc) is 2.89. The summed E-state index contributed by atoms with van der Waals surface area (Å²) in [4.78, 5) is 14.0. The molecule has 25 heavy (non-hydrogen) atoms. The third-order valence-electron chi connectivity index (χ3n) is 3.67. The number of benzene rings is 2. The predicted octanol–water partition coefficient (Wildman–Crippen LogP) is 3.58. The summed E-state index contributed by atoms with van der Waals surface area (Å²) in [6, 6.07) is 15.2. The third kappa shape index (κ3) is 4.18. The van der Waals surface area contributed by atoms with Gasteiger partial charge in [0, 0.05) is 10.2 Å². The van der Waals surface area contributed by atoms with Crippen LogP contribution in [0.15, 0.2) is 58.7 Å². The minimum absolute atomic E-state index is 0.162. The molecular formula is C18H16BrN3O2S. The van der Waals surface area contributed by atoms with Crippen molar-refractivity contribution in [1.82, 2.24) is 10.2 Å².